The van der Waals surface area contributed by atoms with Gasteiger partial charge < -0.3 is 0 Å². The molecule has 3 rings (SSSR count). The first kappa shape index (κ1) is 12.9. The van der Waals surface area contributed by atoms with Crippen LogP contribution in [0.4, 0.5) is 4.39 Å². The van der Waals surface area contributed by atoms with Gasteiger partial charge in [-0.2, -0.15) is 0 Å². The molecule has 0 bridgehead atoms. The van der Waals surface area contributed by atoms with Crippen LogP contribution in [-0.2, 0) is 6.42 Å². The van der Waals surface area contributed by atoms with E-state index in [-0.39, 0.29) is 40.3 Å². The maximum absolute atomic E-state index is 14.8. The molecule has 2 aromatic carbocycles. The summed E-state index contributed by atoms with van der Waals surface area (Å²) in [7, 11) is 0. The molecule has 0 spiro atoms. The molecule has 0 aliphatic heterocycles. The minimum absolute atomic E-state index is 0.0404. The molecule has 2 heteroatoms. The largest absolute Gasteiger partial charge is 0.206 e. The second-order valence-electron chi connectivity index (χ2n) is 6.84. The molecule has 0 amide bonds. The van der Waals surface area contributed by atoms with Gasteiger partial charge in [0, 0.05) is 10.6 Å². The molecule has 128 valence electrons. The standard InChI is InChI=1S/C22H26ClF/c1-2-16-3-5-17(6-4-16)7-8-18-9-14-21(22(24)15-18)19-10-12-20(23)13-11-19/h9-17H,2-8H2,1H3/i10D,11D,12D,13D. The van der Waals surface area contributed by atoms with E-state index >= 15 is 0 Å². The Bertz CT molecular complexity index is 831. The zero-order chi connectivity index (χ0) is 20.4. The Morgan fingerprint density at radius 1 is 1.08 bits per heavy atom. The van der Waals surface area contributed by atoms with Gasteiger partial charge in [0.1, 0.15) is 5.82 Å². The molecule has 1 fully saturated rings. The summed E-state index contributed by atoms with van der Waals surface area (Å²) in [5.41, 5.74) is 0.949. The molecule has 0 heterocycles. The SMILES string of the molecule is [2H]c1c([2H])c(-c2ccc(CCC3CCC(CC)CC3)cc2F)c([2H])c([2H])c1Cl. The van der Waals surface area contributed by atoms with Crippen LogP contribution in [0, 0.1) is 17.7 Å². The van der Waals surface area contributed by atoms with Crippen LogP contribution < -0.4 is 0 Å². The lowest BCUT2D eigenvalue weighted by Gasteiger charge is -2.27. The fraction of sp³-hybridized carbons (Fsp3) is 0.455. The summed E-state index contributed by atoms with van der Waals surface area (Å²) in [5.74, 6) is 1.06. The molecule has 0 unspecified atom stereocenters. The van der Waals surface area contributed by atoms with E-state index in [2.05, 4.69) is 6.92 Å². The Morgan fingerprint density at radius 3 is 2.38 bits per heavy atom. The molecule has 2 aromatic rings. The highest BCUT2D eigenvalue weighted by Gasteiger charge is 2.19. The van der Waals surface area contributed by atoms with Crippen LogP contribution in [0.15, 0.2) is 42.4 Å². The number of halogens is 2. The fourth-order valence-corrected chi connectivity index (χ4v) is 3.74. The Balaban J connectivity index is 1.77. The zero-order valence-electron chi connectivity index (χ0n) is 18.1. The predicted octanol–water partition coefficient (Wildman–Crippen LogP) is 7.30. The number of hydrogen-bond acceptors (Lipinski definition) is 0. The van der Waals surface area contributed by atoms with Gasteiger partial charge in [-0.15, -0.1) is 0 Å². The minimum Gasteiger partial charge on any atom is -0.206 e. The Morgan fingerprint density at radius 2 is 1.75 bits per heavy atom. The highest BCUT2D eigenvalue weighted by atomic mass is 35.5. The van der Waals surface area contributed by atoms with Crippen molar-refractivity contribution in [2.75, 3.05) is 0 Å². The highest BCUT2D eigenvalue weighted by molar-refractivity contribution is 6.30. The quantitative estimate of drug-likeness (QED) is 0.532. The van der Waals surface area contributed by atoms with E-state index in [9.17, 15) is 4.39 Å². The van der Waals surface area contributed by atoms with E-state index in [4.69, 9.17) is 17.1 Å². The molecule has 1 saturated carbocycles. The molecule has 1 aliphatic rings. The van der Waals surface area contributed by atoms with Gasteiger partial charge in [0.15, 0.2) is 0 Å². The Kier molecular flexibility index (Phi) is 4.40. The van der Waals surface area contributed by atoms with Crippen LogP contribution in [0.3, 0.4) is 0 Å². The van der Waals surface area contributed by atoms with Crippen molar-refractivity contribution in [1.29, 1.82) is 0 Å². The maximum atomic E-state index is 14.8. The molecular weight excluding hydrogens is 319 g/mol. The van der Waals surface area contributed by atoms with Crippen molar-refractivity contribution in [1.82, 2.24) is 0 Å². The monoisotopic (exact) mass is 348 g/mol. The molecule has 0 aromatic heterocycles. The fourth-order valence-electron chi connectivity index (χ4n) is 3.65. The van der Waals surface area contributed by atoms with Gasteiger partial charge in [-0.1, -0.05) is 74.8 Å². The zero-order valence-corrected chi connectivity index (χ0v) is 14.8. The molecule has 0 atom stereocenters. The summed E-state index contributed by atoms with van der Waals surface area (Å²) in [4.78, 5) is 0. The highest BCUT2D eigenvalue weighted by Crippen LogP contribution is 2.33. The first-order chi connectivity index (χ1) is 13.3. The minimum atomic E-state index is -0.518. The Labute approximate surface area is 155 Å². The van der Waals surface area contributed by atoms with Gasteiger partial charge in [0.2, 0.25) is 0 Å². The third kappa shape index (κ3) is 4.39. The van der Waals surface area contributed by atoms with Gasteiger partial charge in [-0.25, -0.2) is 4.39 Å². The van der Waals surface area contributed by atoms with E-state index in [1.165, 1.54) is 38.2 Å². The summed E-state index contributed by atoms with van der Waals surface area (Å²) >= 11 is 5.84. The van der Waals surface area contributed by atoms with E-state index < -0.39 is 5.82 Å². The maximum Gasteiger partial charge on any atom is 0.131 e. The molecule has 0 N–H and O–H groups in total. The van der Waals surface area contributed by atoms with Crippen LogP contribution in [0.1, 0.15) is 56.5 Å². The molecule has 1 aliphatic carbocycles. The van der Waals surface area contributed by atoms with Crippen molar-refractivity contribution >= 4 is 11.6 Å². The van der Waals surface area contributed by atoms with Crippen molar-refractivity contribution in [2.45, 2.75) is 51.9 Å². The van der Waals surface area contributed by atoms with E-state index in [0.29, 0.717) is 5.92 Å². The lowest BCUT2D eigenvalue weighted by molar-refractivity contribution is 0.259. The van der Waals surface area contributed by atoms with Crippen LogP contribution in [0.2, 0.25) is 5.02 Å². The summed E-state index contributed by atoms with van der Waals surface area (Å²) in [6.45, 7) is 2.26. The van der Waals surface area contributed by atoms with Crippen molar-refractivity contribution < 1.29 is 9.87 Å². The van der Waals surface area contributed by atoms with Crippen LogP contribution in [0.25, 0.3) is 11.1 Å². The molecular formula is C22H26ClF. The number of benzene rings is 2. The first-order valence-electron chi connectivity index (χ1n) is 10.9. The van der Waals surface area contributed by atoms with Gasteiger partial charge in [0.05, 0.1) is 5.48 Å². The molecule has 0 nitrogen and oxygen atoms in total. The molecule has 0 saturated heterocycles. The third-order valence-corrected chi connectivity index (χ3v) is 5.47. The van der Waals surface area contributed by atoms with Crippen molar-refractivity contribution in [3.8, 4) is 11.1 Å². The van der Waals surface area contributed by atoms with Crippen LogP contribution in [-0.4, -0.2) is 0 Å². The van der Waals surface area contributed by atoms with Crippen LogP contribution in [0.5, 0.6) is 0 Å². The number of aryl methyl sites for hydroxylation is 1. The second kappa shape index (κ2) is 8.16. The summed E-state index contributed by atoms with van der Waals surface area (Å²) in [6.07, 6.45) is 8.24. The van der Waals surface area contributed by atoms with Crippen LogP contribution >= 0.6 is 11.6 Å². The third-order valence-electron chi connectivity index (χ3n) is 5.28. The van der Waals surface area contributed by atoms with Gasteiger partial charge in [-0.05, 0) is 54.0 Å². The average molecular weight is 349 g/mol. The number of hydrogen-bond donors (Lipinski definition) is 0. The van der Waals surface area contributed by atoms with E-state index in [1.807, 2.05) is 6.07 Å². The van der Waals surface area contributed by atoms with Crippen molar-refractivity contribution in [2.24, 2.45) is 11.8 Å². The van der Waals surface area contributed by atoms with Gasteiger partial charge in [-0.3, -0.25) is 0 Å². The van der Waals surface area contributed by atoms with Gasteiger partial charge >= 0.3 is 0 Å². The summed E-state index contributed by atoms with van der Waals surface area (Å²) < 4.78 is 46.6. The van der Waals surface area contributed by atoms with Crippen molar-refractivity contribution in [3.05, 3.63) is 58.8 Å². The lowest BCUT2D eigenvalue weighted by atomic mass is 9.78. The average Bonchev–Trinajstić information content (AvgIpc) is 2.71. The summed E-state index contributed by atoms with van der Waals surface area (Å²) in [6, 6.07) is 3.55. The smallest absolute Gasteiger partial charge is 0.131 e. The van der Waals surface area contributed by atoms with E-state index in [0.717, 1.165) is 24.3 Å². The van der Waals surface area contributed by atoms with Gasteiger partial charge in [0.25, 0.3) is 0 Å². The van der Waals surface area contributed by atoms with E-state index in [1.54, 1.807) is 6.07 Å². The van der Waals surface area contributed by atoms with Crippen molar-refractivity contribution in [3.63, 3.8) is 0 Å². The predicted molar refractivity (Wildman–Crippen MR) is 101 cm³/mol. The normalized spacial score (nSPS) is 23.3. The first-order valence-corrected chi connectivity index (χ1v) is 9.25. The topological polar surface area (TPSA) is 0 Å². The molecule has 0 radical (unpaired) electrons. The second-order valence-corrected chi connectivity index (χ2v) is 7.21. The molecule has 24 heavy (non-hydrogen) atoms. The lowest BCUT2D eigenvalue weighted by Crippen LogP contribution is -2.14. The number of rotatable bonds is 5. The Hall–Kier alpha value is -1.34. The summed E-state index contributed by atoms with van der Waals surface area (Å²) in [5, 5.41) is -0.242.